The summed E-state index contributed by atoms with van der Waals surface area (Å²) >= 11 is 0. The van der Waals surface area contributed by atoms with Crippen molar-refractivity contribution < 1.29 is 9.59 Å². The molecule has 0 aromatic heterocycles. The van der Waals surface area contributed by atoms with Crippen molar-refractivity contribution in [2.75, 3.05) is 6.54 Å². The summed E-state index contributed by atoms with van der Waals surface area (Å²) < 4.78 is 0. The van der Waals surface area contributed by atoms with Gasteiger partial charge in [0.2, 0.25) is 11.8 Å². The molecule has 94 valence electrons. The second kappa shape index (κ2) is 6.29. The minimum atomic E-state index is -0.478. The number of piperidine rings is 1. The highest BCUT2D eigenvalue weighted by molar-refractivity contribution is 5.87. The third-order valence-electron chi connectivity index (χ3n) is 3.02. The first-order chi connectivity index (χ1) is 8.10. The lowest BCUT2D eigenvalue weighted by atomic mass is 9.95. The number of carbonyl (C=O) groups excluding carboxylic acids is 2. The van der Waals surface area contributed by atoms with Crippen LogP contribution < -0.4 is 5.73 Å². The van der Waals surface area contributed by atoms with Crippen LogP contribution in [0.1, 0.15) is 39.5 Å². The highest BCUT2D eigenvalue weighted by Crippen LogP contribution is 2.20. The Kier molecular flexibility index (Phi) is 5.02. The molecule has 1 aliphatic heterocycles. The van der Waals surface area contributed by atoms with Gasteiger partial charge in [0.25, 0.3) is 0 Å². The van der Waals surface area contributed by atoms with Crippen molar-refractivity contribution in [1.29, 1.82) is 0 Å². The van der Waals surface area contributed by atoms with Crippen molar-refractivity contribution in [1.82, 2.24) is 4.90 Å². The fraction of sp³-hybridized carbons (Fsp3) is 0.692. The Bertz CT molecular complexity index is 354. The smallest absolute Gasteiger partial charge is 0.240 e. The molecule has 0 aliphatic carbocycles. The molecule has 1 aliphatic rings. The molecule has 0 saturated carbocycles. The van der Waals surface area contributed by atoms with Crippen molar-refractivity contribution >= 4 is 11.8 Å². The van der Waals surface area contributed by atoms with E-state index in [2.05, 4.69) is 11.8 Å². The minimum absolute atomic E-state index is 0.0187. The summed E-state index contributed by atoms with van der Waals surface area (Å²) in [6, 6.07) is -0.478. The number of nitrogens with zero attached hydrogens (tertiary/aromatic N) is 1. The van der Waals surface area contributed by atoms with Crippen molar-refractivity contribution in [3.8, 4) is 11.8 Å². The van der Waals surface area contributed by atoms with Crippen LogP contribution in [0.3, 0.4) is 0 Å². The van der Waals surface area contributed by atoms with Gasteiger partial charge < -0.3 is 10.6 Å². The van der Waals surface area contributed by atoms with Gasteiger partial charge >= 0.3 is 0 Å². The molecular weight excluding hydrogens is 216 g/mol. The first kappa shape index (κ1) is 13.6. The largest absolute Gasteiger partial charge is 0.368 e. The van der Waals surface area contributed by atoms with Crippen molar-refractivity contribution in [2.24, 2.45) is 11.7 Å². The Balaban J connectivity index is 2.75. The number of hydrogen-bond donors (Lipinski definition) is 1. The molecule has 1 saturated heterocycles. The minimum Gasteiger partial charge on any atom is -0.368 e. The molecule has 1 heterocycles. The molecular formula is C13H20N2O2. The fourth-order valence-electron chi connectivity index (χ4n) is 2.11. The maximum atomic E-state index is 11.8. The Morgan fingerprint density at radius 3 is 2.82 bits per heavy atom. The van der Waals surface area contributed by atoms with Gasteiger partial charge in [-0.15, -0.1) is 5.92 Å². The van der Waals surface area contributed by atoms with E-state index in [0.29, 0.717) is 19.4 Å². The Hall–Kier alpha value is -1.50. The van der Waals surface area contributed by atoms with E-state index in [9.17, 15) is 9.59 Å². The van der Waals surface area contributed by atoms with Gasteiger partial charge in [0.15, 0.2) is 0 Å². The molecule has 1 rings (SSSR count). The van der Waals surface area contributed by atoms with Crippen molar-refractivity contribution in [3.63, 3.8) is 0 Å². The zero-order valence-electron chi connectivity index (χ0n) is 10.5. The van der Waals surface area contributed by atoms with Crippen molar-refractivity contribution in [2.45, 2.75) is 45.6 Å². The standard InChI is InChI=1S/C13H20N2O2/c1-3-5-6-10-7-8-12(16)15(9-10)11(4-2)13(14)17/h10-11H,3-4,7-9H2,1-2H3,(H2,14,17). The first-order valence-electron chi connectivity index (χ1n) is 6.17. The summed E-state index contributed by atoms with van der Waals surface area (Å²) in [6.07, 6.45) is 2.64. The Morgan fingerprint density at radius 1 is 1.59 bits per heavy atom. The topological polar surface area (TPSA) is 63.4 Å². The maximum Gasteiger partial charge on any atom is 0.240 e. The molecule has 0 bridgehead atoms. The van der Waals surface area contributed by atoms with Gasteiger partial charge in [-0.05, 0) is 12.8 Å². The van der Waals surface area contributed by atoms with Gasteiger partial charge in [0, 0.05) is 25.3 Å². The third kappa shape index (κ3) is 3.48. The van der Waals surface area contributed by atoms with Gasteiger partial charge in [-0.2, -0.15) is 0 Å². The number of rotatable bonds is 3. The fourth-order valence-corrected chi connectivity index (χ4v) is 2.11. The molecule has 2 amide bonds. The summed E-state index contributed by atoms with van der Waals surface area (Å²) in [5.41, 5.74) is 5.32. The lowest BCUT2D eigenvalue weighted by Crippen LogP contribution is -2.51. The van der Waals surface area contributed by atoms with Crippen LogP contribution in [0.5, 0.6) is 0 Å². The van der Waals surface area contributed by atoms with E-state index in [1.54, 1.807) is 4.90 Å². The summed E-state index contributed by atoms with van der Waals surface area (Å²) in [5, 5.41) is 0. The normalized spacial score (nSPS) is 21.6. The lowest BCUT2D eigenvalue weighted by Gasteiger charge is -2.34. The van der Waals surface area contributed by atoms with Crippen LogP contribution in [0.2, 0.25) is 0 Å². The molecule has 0 spiro atoms. The summed E-state index contributed by atoms with van der Waals surface area (Å²) in [6.45, 7) is 4.40. The number of primary amides is 1. The number of nitrogens with two attached hydrogens (primary N) is 1. The van der Waals surface area contributed by atoms with Gasteiger partial charge in [-0.3, -0.25) is 9.59 Å². The zero-order chi connectivity index (χ0) is 12.8. The van der Waals surface area contributed by atoms with E-state index < -0.39 is 11.9 Å². The SMILES string of the molecule is CCC#CC1CCC(=O)N(C(CC)C(N)=O)C1. The van der Waals surface area contributed by atoms with Crippen LogP contribution >= 0.6 is 0 Å². The average Bonchev–Trinajstić information content (AvgIpc) is 2.30. The summed E-state index contributed by atoms with van der Waals surface area (Å²) in [4.78, 5) is 24.7. The zero-order valence-corrected chi connectivity index (χ0v) is 10.5. The monoisotopic (exact) mass is 236 g/mol. The Labute approximate surface area is 103 Å². The van der Waals surface area contributed by atoms with Gasteiger partial charge in [-0.1, -0.05) is 19.8 Å². The van der Waals surface area contributed by atoms with Gasteiger partial charge in [-0.25, -0.2) is 0 Å². The molecule has 1 fully saturated rings. The highest BCUT2D eigenvalue weighted by Gasteiger charge is 2.32. The quantitative estimate of drug-likeness (QED) is 0.740. The number of carbonyl (C=O) groups is 2. The Morgan fingerprint density at radius 2 is 2.29 bits per heavy atom. The highest BCUT2D eigenvalue weighted by atomic mass is 16.2. The van der Waals surface area contributed by atoms with Crippen molar-refractivity contribution in [3.05, 3.63) is 0 Å². The predicted molar refractivity (Wildman–Crippen MR) is 65.8 cm³/mol. The summed E-state index contributed by atoms with van der Waals surface area (Å²) in [7, 11) is 0. The number of likely N-dealkylation sites (tertiary alicyclic amines) is 1. The van der Waals surface area contributed by atoms with Crippen LogP contribution in [-0.2, 0) is 9.59 Å². The van der Waals surface area contributed by atoms with Crippen LogP contribution in [0.4, 0.5) is 0 Å². The molecule has 17 heavy (non-hydrogen) atoms. The van der Waals surface area contributed by atoms with E-state index >= 15 is 0 Å². The predicted octanol–water partition coefficient (Wildman–Crippen LogP) is 0.902. The third-order valence-corrected chi connectivity index (χ3v) is 3.02. The lowest BCUT2D eigenvalue weighted by molar-refractivity contribution is -0.142. The maximum absolute atomic E-state index is 11.8. The van der Waals surface area contributed by atoms with E-state index in [0.717, 1.165) is 12.8 Å². The molecule has 0 aromatic carbocycles. The van der Waals surface area contributed by atoms with E-state index in [1.165, 1.54) is 0 Å². The van der Waals surface area contributed by atoms with Gasteiger partial charge in [0.1, 0.15) is 6.04 Å². The van der Waals surface area contributed by atoms with Crippen LogP contribution in [0.15, 0.2) is 0 Å². The average molecular weight is 236 g/mol. The first-order valence-corrected chi connectivity index (χ1v) is 6.17. The van der Waals surface area contributed by atoms with Gasteiger partial charge in [0.05, 0.1) is 0 Å². The molecule has 4 nitrogen and oxygen atoms in total. The summed E-state index contributed by atoms with van der Waals surface area (Å²) in [5.74, 6) is 5.95. The van der Waals surface area contributed by atoms with E-state index in [4.69, 9.17) is 5.73 Å². The molecule has 0 aromatic rings. The van der Waals surface area contributed by atoms with Crippen LogP contribution in [0.25, 0.3) is 0 Å². The molecule has 2 unspecified atom stereocenters. The van der Waals surface area contributed by atoms with Crippen LogP contribution in [0, 0.1) is 17.8 Å². The second-order valence-corrected chi connectivity index (χ2v) is 4.28. The van der Waals surface area contributed by atoms with Crippen LogP contribution in [-0.4, -0.2) is 29.3 Å². The number of hydrogen-bond acceptors (Lipinski definition) is 2. The molecule has 0 radical (unpaired) electrons. The molecule has 2 atom stereocenters. The molecule has 4 heteroatoms. The molecule has 2 N–H and O–H groups in total. The number of amides is 2. The van der Waals surface area contributed by atoms with E-state index in [-0.39, 0.29) is 11.8 Å². The van der Waals surface area contributed by atoms with E-state index in [1.807, 2.05) is 13.8 Å². The second-order valence-electron chi connectivity index (χ2n) is 4.28.